The van der Waals surface area contributed by atoms with Gasteiger partial charge in [-0.25, -0.2) is 9.36 Å². The van der Waals surface area contributed by atoms with Crippen LogP contribution in [0.15, 0.2) is 24.5 Å². The number of carboxylic acids is 1. The van der Waals surface area contributed by atoms with Crippen molar-refractivity contribution in [1.82, 2.24) is 0 Å². The number of quaternary nitrogens is 1. The van der Waals surface area contributed by atoms with Crippen LogP contribution in [0.25, 0.3) is 0 Å². The fourth-order valence-corrected chi connectivity index (χ4v) is 2.14. The SMILES string of the molecule is C[N+](C)(C)CC(=O)O.NC(=O)c1ccc[n+](CCCS(=O)(=O)O)c1. The molecule has 1 heterocycles. The Hall–Kier alpha value is -2.04. The number of carboxylic acid groups (broad SMARTS) is 1. The minimum absolute atomic E-state index is 0.181. The van der Waals surface area contributed by atoms with Gasteiger partial charge >= 0.3 is 5.97 Å². The van der Waals surface area contributed by atoms with E-state index < -0.39 is 22.0 Å². The Kier molecular flexibility index (Phi) is 8.51. The minimum Gasteiger partial charge on any atom is -0.477 e. The molecule has 4 N–H and O–H groups in total. The molecular weight excluding hydrogens is 338 g/mol. The molecule has 136 valence electrons. The van der Waals surface area contributed by atoms with Crippen molar-refractivity contribution in [2.45, 2.75) is 13.0 Å². The highest BCUT2D eigenvalue weighted by Crippen LogP contribution is 1.94. The fraction of sp³-hybridized carbons (Fsp3) is 0.500. The largest absolute Gasteiger partial charge is 0.477 e. The van der Waals surface area contributed by atoms with Gasteiger partial charge in [0.15, 0.2) is 18.9 Å². The van der Waals surface area contributed by atoms with E-state index >= 15 is 0 Å². The maximum Gasteiger partial charge on any atom is 0.359 e. The van der Waals surface area contributed by atoms with Crippen LogP contribution in [0, 0.1) is 0 Å². The van der Waals surface area contributed by atoms with Crippen LogP contribution in [0.1, 0.15) is 16.8 Å². The first-order valence-electron chi connectivity index (χ1n) is 7.06. The van der Waals surface area contributed by atoms with Gasteiger partial charge < -0.3 is 15.3 Å². The van der Waals surface area contributed by atoms with Crippen LogP contribution in [0.2, 0.25) is 0 Å². The number of likely N-dealkylation sites (N-methyl/N-ethyl adjacent to an activating group) is 1. The molecule has 0 atom stereocenters. The van der Waals surface area contributed by atoms with E-state index in [4.69, 9.17) is 15.4 Å². The molecule has 1 rings (SSSR count). The molecule has 1 aromatic rings. The van der Waals surface area contributed by atoms with Gasteiger partial charge in [-0.15, -0.1) is 0 Å². The fourth-order valence-electron chi connectivity index (χ4n) is 1.64. The molecule has 0 fully saturated rings. The Balaban J connectivity index is 0.000000561. The third-order valence-electron chi connectivity index (χ3n) is 2.57. The van der Waals surface area contributed by atoms with Crippen molar-refractivity contribution in [2.24, 2.45) is 5.73 Å². The van der Waals surface area contributed by atoms with Crippen LogP contribution in [0.5, 0.6) is 0 Å². The maximum atomic E-state index is 10.9. The summed E-state index contributed by atoms with van der Waals surface area (Å²) in [4.78, 5) is 20.9. The van der Waals surface area contributed by atoms with E-state index in [1.807, 2.05) is 21.1 Å². The second-order valence-corrected chi connectivity index (χ2v) is 7.75. The second-order valence-electron chi connectivity index (χ2n) is 6.18. The van der Waals surface area contributed by atoms with Crippen molar-refractivity contribution < 1.29 is 36.7 Å². The Morgan fingerprint density at radius 1 is 1.29 bits per heavy atom. The average molecular weight is 363 g/mol. The Morgan fingerprint density at radius 2 is 1.88 bits per heavy atom. The molecule has 0 spiro atoms. The first-order chi connectivity index (χ1) is 10.8. The van der Waals surface area contributed by atoms with Crippen LogP contribution in [0.3, 0.4) is 0 Å². The number of nitrogens with zero attached hydrogens (tertiary/aromatic N) is 2. The summed E-state index contributed by atoms with van der Waals surface area (Å²) in [6.45, 7) is 0.570. The van der Waals surface area contributed by atoms with Crippen LogP contribution < -0.4 is 10.3 Å². The number of aromatic nitrogens is 1. The zero-order valence-electron chi connectivity index (χ0n) is 14.0. The molecule has 0 aliphatic heterocycles. The zero-order valence-corrected chi connectivity index (χ0v) is 14.9. The molecule has 1 aromatic heterocycles. The Morgan fingerprint density at radius 3 is 2.25 bits per heavy atom. The molecule has 0 aliphatic carbocycles. The van der Waals surface area contributed by atoms with Crippen molar-refractivity contribution in [1.29, 1.82) is 0 Å². The summed E-state index contributed by atoms with van der Waals surface area (Å²) in [6, 6.07) is 3.22. The lowest BCUT2D eigenvalue weighted by Gasteiger charge is -2.20. The lowest BCUT2D eigenvalue weighted by atomic mass is 10.3. The highest BCUT2D eigenvalue weighted by atomic mass is 32.2. The number of hydrogen-bond acceptors (Lipinski definition) is 4. The van der Waals surface area contributed by atoms with E-state index in [2.05, 4.69) is 0 Å². The first-order valence-corrected chi connectivity index (χ1v) is 8.67. The number of nitrogens with two attached hydrogens (primary N) is 1. The molecule has 0 radical (unpaired) electrons. The van der Waals surface area contributed by atoms with Gasteiger partial charge in [0.2, 0.25) is 0 Å². The molecular formula is C14H25N3O6S+2. The molecule has 24 heavy (non-hydrogen) atoms. The molecule has 0 aliphatic rings. The average Bonchev–Trinajstić information content (AvgIpc) is 2.35. The molecule has 0 aromatic carbocycles. The van der Waals surface area contributed by atoms with Gasteiger partial charge in [-0.1, -0.05) is 0 Å². The van der Waals surface area contributed by atoms with E-state index in [0.29, 0.717) is 16.6 Å². The van der Waals surface area contributed by atoms with Gasteiger partial charge in [-0.2, -0.15) is 8.42 Å². The van der Waals surface area contributed by atoms with E-state index in [1.165, 1.54) is 6.20 Å². The number of aryl methyl sites for hydroxylation is 1. The summed E-state index contributed by atoms with van der Waals surface area (Å²) in [7, 11) is 1.60. The van der Waals surface area contributed by atoms with Crippen LogP contribution in [-0.2, 0) is 21.5 Å². The summed E-state index contributed by atoms with van der Waals surface area (Å²) in [6.07, 6.45) is 3.49. The molecule has 1 amide bonds. The standard InChI is InChI=1S/C9H12N2O4S.C5H11NO2/c10-9(12)8-3-1-4-11(7-8)5-2-6-16(13,14)15;1-6(2,3)4-5(7)8/h1,3-4,7H,2,5-6H2,(H2-,10,12,13,14,15);4H2,1-3H3/p+2. The van der Waals surface area contributed by atoms with Gasteiger partial charge in [0.1, 0.15) is 12.1 Å². The lowest BCUT2D eigenvalue weighted by Crippen LogP contribution is -2.39. The van der Waals surface area contributed by atoms with Crippen molar-refractivity contribution in [3.63, 3.8) is 0 Å². The second kappa shape index (κ2) is 9.30. The predicted octanol–water partition coefficient (Wildman–Crippen LogP) is -0.872. The first kappa shape index (κ1) is 22.0. The van der Waals surface area contributed by atoms with E-state index in [-0.39, 0.29) is 18.7 Å². The van der Waals surface area contributed by atoms with E-state index in [1.54, 1.807) is 22.9 Å². The van der Waals surface area contributed by atoms with Gasteiger partial charge in [-0.3, -0.25) is 9.35 Å². The molecule has 10 heteroatoms. The summed E-state index contributed by atoms with van der Waals surface area (Å²) >= 11 is 0. The summed E-state index contributed by atoms with van der Waals surface area (Å²) < 4.78 is 31.6. The van der Waals surface area contributed by atoms with E-state index in [9.17, 15) is 18.0 Å². The third kappa shape index (κ3) is 12.5. The summed E-state index contributed by atoms with van der Waals surface area (Å²) in [5, 5.41) is 8.23. The monoisotopic (exact) mass is 363 g/mol. The molecule has 0 bridgehead atoms. The van der Waals surface area contributed by atoms with Crippen molar-refractivity contribution in [3.05, 3.63) is 30.1 Å². The maximum absolute atomic E-state index is 10.9. The van der Waals surface area contributed by atoms with Gasteiger partial charge in [0.05, 0.1) is 26.9 Å². The number of hydrogen-bond donors (Lipinski definition) is 3. The number of amides is 1. The predicted molar refractivity (Wildman–Crippen MR) is 86.7 cm³/mol. The lowest BCUT2D eigenvalue weighted by molar-refractivity contribution is -0.862. The van der Waals surface area contributed by atoms with Crippen LogP contribution >= 0.6 is 0 Å². The molecule has 0 saturated carbocycles. The van der Waals surface area contributed by atoms with Crippen molar-refractivity contribution >= 4 is 22.0 Å². The van der Waals surface area contributed by atoms with Crippen molar-refractivity contribution in [2.75, 3.05) is 33.4 Å². The van der Waals surface area contributed by atoms with Gasteiger partial charge in [0, 0.05) is 12.5 Å². The van der Waals surface area contributed by atoms with Crippen LogP contribution in [-0.4, -0.2) is 67.9 Å². The van der Waals surface area contributed by atoms with Gasteiger partial charge in [0.25, 0.3) is 16.0 Å². The smallest absolute Gasteiger partial charge is 0.359 e. The number of aliphatic carboxylic acids is 1. The zero-order chi connectivity index (χ0) is 19.0. The van der Waals surface area contributed by atoms with Gasteiger partial charge in [-0.05, 0) is 6.07 Å². The molecule has 9 nitrogen and oxygen atoms in total. The van der Waals surface area contributed by atoms with Crippen molar-refractivity contribution in [3.8, 4) is 0 Å². The number of carbonyl (C=O) groups excluding carboxylic acids is 1. The number of pyridine rings is 1. The van der Waals surface area contributed by atoms with Crippen LogP contribution in [0.4, 0.5) is 0 Å². The normalized spacial score (nSPS) is 11.3. The Labute approximate surface area is 141 Å². The molecule has 0 saturated heterocycles. The topological polar surface area (TPSA) is 139 Å². The highest BCUT2D eigenvalue weighted by molar-refractivity contribution is 7.85. The number of primary amides is 1. The molecule has 0 unspecified atom stereocenters. The summed E-state index contributed by atoms with van der Waals surface area (Å²) in [5.41, 5.74) is 5.45. The van der Waals surface area contributed by atoms with E-state index in [0.717, 1.165) is 0 Å². The third-order valence-corrected chi connectivity index (χ3v) is 3.38. The number of carbonyl (C=O) groups is 2. The number of rotatable bonds is 7. The highest BCUT2D eigenvalue weighted by Gasteiger charge is 2.11. The Bertz CT molecular complexity index is 667. The minimum atomic E-state index is -3.93. The quantitative estimate of drug-likeness (QED) is 0.327. The summed E-state index contributed by atoms with van der Waals surface area (Å²) in [5.74, 6) is -1.59.